The molecule has 6 fully saturated rings. The second-order valence-corrected chi connectivity index (χ2v) is 10.2. The van der Waals surface area contributed by atoms with Gasteiger partial charge in [0.2, 0.25) is 5.91 Å². The van der Waals surface area contributed by atoms with Crippen LogP contribution in [-0.4, -0.2) is 67.8 Å². The van der Waals surface area contributed by atoms with Gasteiger partial charge < -0.3 is 24.8 Å². The fourth-order valence-corrected chi connectivity index (χ4v) is 6.61. The lowest BCUT2D eigenvalue weighted by Gasteiger charge is -2.64. The number of likely N-dealkylation sites (tertiary alicyclic amines) is 1. The molecule has 7 heteroatoms. The second kappa shape index (κ2) is 6.44. The van der Waals surface area contributed by atoms with Gasteiger partial charge in [0, 0.05) is 19.1 Å². The molecule has 3 aliphatic heterocycles. The number of carbonyl (C=O) groups excluding carboxylic acids is 1. The topological polar surface area (TPSA) is 62.8 Å². The average Bonchev–Trinajstić information content (AvgIpc) is 3.36. The summed E-state index contributed by atoms with van der Waals surface area (Å²) in [6.45, 7) is 10.3. The van der Waals surface area contributed by atoms with Crippen LogP contribution in [0.25, 0.3) is 0 Å². The van der Waals surface area contributed by atoms with E-state index >= 15 is 0 Å². The molecule has 150 valence electrons. The van der Waals surface area contributed by atoms with Crippen molar-refractivity contribution in [1.82, 2.24) is 15.5 Å². The molecule has 6 atom stereocenters. The largest absolute Gasteiger partial charge is 0.481 e. The lowest BCUT2D eigenvalue weighted by molar-refractivity contribution is -0.199. The summed E-state index contributed by atoms with van der Waals surface area (Å²) in [5.41, 5.74) is 0.169. The lowest BCUT2D eigenvalue weighted by Crippen LogP contribution is -2.65. The molecule has 3 saturated heterocycles. The van der Waals surface area contributed by atoms with Gasteiger partial charge in [0.25, 0.3) is 0 Å². The van der Waals surface area contributed by atoms with Gasteiger partial charge in [-0.05, 0) is 62.8 Å². The molecular weight excluding hydrogens is 341 g/mol. The zero-order valence-corrected chi connectivity index (χ0v) is 17.0. The van der Waals surface area contributed by atoms with Crippen LogP contribution in [-0.2, 0) is 14.1 Å². The molecular formula is C20H34BN3O3. The third kappa shape index (κ3) is 2.80. The molecule has 0 aromatic carbocycles. The predicted molar refractivity (Wildman–Crippen MR) is 104 cm³/mol. The first-order valence-electron chi connectivity index (χ1n) is 11.0. The first-order chi connectivity index (χ1) is 12.9. The standard InChI is InChI=1S/C20H34BN3O3/c1-19(2)13-9-15(19)20(3)16(10-13)26-21(27-20)17-5-4-8-24(17)18(25)12-23-14-6-7-22-11-14/h13-17,22-23H,4-12H2,1-3H3/t13-,14-,15-,16?,17+,20+/m1/s1. The van der Waals surface area contributed by atoms with Crippen LogP contribution in [0.5, 0.6) is 0 Å². The highest BCUT2D eigenvalue weighted by Crippen LogP contribution is 2.65. The Kier molecular flexibility index (Phi) is 4.39. The Labute approximate surface area is 163 Å². The zero-order chi connectivity index (χ0) is 18.8. The number of nitrogens with one attached hydrogen (secondary N) is 2. The predicted octanol–water partition coefficient (Wildman–Crippen LogP) is 1.20. The van der Waals surface area contributed by atoms with Crippen molar-refractivity contribution in [2.45, 2.75) is 76.6 Å². The average molecular weight is 375 g/mol. The van der Waals surface area contributed by atoms with Gasteiger partial charge in [-0.2, -0.15) is 0 Å². The van der Waals surface area contributed by atoms with Gasteiger partial charge in [-0.1, -0.05) is 13.8 Å². The summed E-state index contributed by atoms with van der Waals surface area (Å²) in [6, 6.07) is 0.421. The van der Waals surface area contributed by atoms with Crippen molar-refractivity contribution in [3.8, 4) is 0 Å². The van der Waals surface area contributed by atoms with Crippen LogP contribution in [0.4, 0.5) is 0 Å². The molecule has 3 aliphatic carbocycles. The Balaban J connectivity index is 1.24. The third-order valence-electron chi connectivity index (χ3n) is 8.50. The minimum Gasteiger partial charge on any atom is -0.404 e. The Morgan fingerprint density at radius 2 is 2.15 bits per heavy atom. The van der Waals surface area contributed by atoms with E-state index in [4.69, 9.17) is 9.31 Å². The Hall–Kier alpha value is -0.625. The molecule has 3 saturated carbocycles. The highest BCUT2D eigenvalue weighted by Gasteiger charge is 2.69. The molecule has 3 heterocycles. The van der Waals surface area contributed by atoms with E-state index in [1.807, 2.05) is 4.90 Å². The third-order valence-corrected chi connectivity index (χ3v) is 8.50. The molecule has 27 heavy (non-hydrogen) atoms. The molecule has 6 rings (SSSR count). The van der Waals surface area contributed by atoms with E-state index in [1.165, 1.54) is 6.42 Å². The summed E-state index contributed by atoms with van der Waals surface area (Å²) in [5, 5.41) is 6.75. The van der Waals surface area contributed by atoms with Crippen molar-refractivity contribution in [1.29, 1.82) is 0 Å². The van der Waals surface area contributed by atoms with E-state index in [2.05, 4.69) is 31.4 Å². The van der Waals surface area contributed by atoms with Gasteiger partial charge in [-0.3, -0.25) is 4.79 Å². The van der Waals surface area contributed by atoms with E-state index in [9.17, 15) is 4.79 Å². The van der Waals surface area contributed by atoms with Crippen molar-refractivity contribution < 1.29 is 14.1 Å². The molecule has 2 N–H and O–H groups in total. The summed E-state index contributed by atoms with van der Waals surface area (Å²) in [5.74, 6) is 1.60. The monoisotopic (exact) mass is 375 g/mol. The van der Waals surface area contributed by atoms with Crippen LogP contribution in [0, 0.1) is 17.3 Å². The van der Waals surface area contributed by atoms with Gasteiger partial charge in [0.15, 0.2) is 0 Å². The number of hydrogen-bond acceptors (Lipinski definition) is 5. The van der Waals surface area contributed by atoms with Crippen LogP contribution in [0.2, 0.25) is 0 Å². The van der Waals surface area contributed by atoms with Gasteiger partial charge in [-0.25, -0.2) is 0 Å². The van der Waals surface area contributed by atoms with E-state index in [-0.39, 0.29) is 30.7 Å². The van der Waals surface area contributed by atoms with Crippen molar-refractivity contribution in [3.05, 3.63) is 0 Å². The number of amides is 1. The molecule has 1 amide bonds. The van der Waals surface area contributed by atoms with Gasteiger partial charge in [0.1, 0.15) is 0 Å². The van der Waals surface area contributed by atoms with E-state index in [1.54, 1.807) is 0 Å². The maximum atomic E-state index is 12.9. The molecule has 2 bridgehead atoms. The molecule has 0 aromatic heterocycles. The fourth-order valence-electron chi connectivity index (χ4n) is 6.61. The van der Waals surface area contributed by atoms with Crippen LogP contribution in [0.3, 0.4) is 0 Å². The number of nitrogens with zero attached hydrogens (tertiary/aromatic N) is 1. The highest BCUT2D eigenvalue weighted by molar-refractivity contribution is 6.48. The van der Waals surface area contributed by atoms with Crippen LogP contribution >= 0.6 is 0 Å². The van der Waals surface area contributed by atoms with E-state index in [0.717, 1.165) is 51.2 Å². The number of hydrogen-bond donors (Lipinski definition) is 2. The number of rotatable bonds is 4. The zero-order valence-electron chi connectivity index (χ0n) is 17.0. The second-order valence-electron chi connectivity index (χ2n) is 10.2. The maximum absolute atomic E-state index is 12.9. The normalized spacial score (nSPS) is 45.1. The summed E-state index contributed by atoms with van der Waals surface area (Å²) < 4.78 is 13.1. The van der Waals surface area contributed by atoms with Crippen LogP contribution in [0.1, 0.15) is 52.9 Å². The first-order valence-corrected chi connectivity index (χ1v) is 11.0. The molecule has 0 radical (unpaired) electrons. The molecule has 6 aliphatic rings. The van der Waals surface area contributed by atoms with Crippen LogP contribution < -0.4 is 10.6 Å². The van der Waals surface area contributed by atoms with Crippen molar-refractivity contribution in [3.63, 3.8) is 0 Å². The number of carbonyl (C=O) groups is 1. The summed E-state index contributed by atoms with van der Waals surface area (Å²) in [6.07, 6.45) is 5.70. The van der Waals surface area contributed by atoms with E-state index < -0.39 is 0 Å². The Morgan fingerprint density at radius 1 is 1.30 bits per heavy atom. The van der Waals surface area contributed by atoms with Crippen molar-refractivity contribution in [2.24, 2.45) is 17.3 Å². The summed E-state index contributed by atoms with van der Waals surface area (Å²) >= 11 is 0. The molecule has 1 unspecified atom stereocenters. The summed E-state index contributed by atoms with van der Waals surface area (Å²) in [7, 11) is -0.255. The van der Waals surface area contributed by atoms with Crippen LogP contribution in [0.15, 0.2) is 0 Å². The van der Waals surface area contributed by atoms with Gasteiger partial charge in [-0.15, -0.1) is 0 Å². The minimum absolute atomic E-state index is 0.0729. The van der Waals surface area contributed by atoms with Gasteiger partial charge >= 0.3 is 7.12 Å². The molecule has 6 nitrogen and oxygen atoms in total. The fraction of sp³-hybridized carbons (Fsp3) is 0.950. The highest BCUT2D eigenvalue weighted by atomic mass is 16.7. The van der Waals surface area contributed by atoms with Gasteiger partial charge in [0.05, 0.1) is 24.2 Å². The molecule has 0 spiro atoms. The SMILES string of the molecule is CC1(C)[C@H]2CC3OB([C@@H]4CCCN4C(=O)CN[C@@H]4CCNC4)O[C@@]3(C)[C@@H]1C2. The quantitative estimate of drug-likeness (QED) is 0.723. The Bertz CT molecular complexity index is 611. The summed E-state index contributed by atoms with van der Waals surface area (Å²) in [4.78, 5) is 14.9. The van der Waals surface area contributed by atoms with Crippen molar-refractivity contribution in [2.75, 3.05) is 26.2 Å². The smallest absolute Gasteiger partial charge is 0.404 e. The van der Waals surface area contributed by atoms with Crippen molar-refractivity contribution >= 4 is 13.0 Å². The first kappa shape index (κ1) is 18.4. The maximum Gasteiger partial charge on any atom is 0.481 e. The molecule has 0 aromatic rings. The van der Waals surface area contributed by atoms with E-state index in [0.29, 0.717) is 23.9 Å². The minimum atomic E-state index is -0.255. The Morgan fingerprint density at radius 3 is 2.89 bits per heavy atom. The lowest BCUT2D eigenvalue weighted by atomic mass is 9.43.